The Bertz CT molecular complexity index is 4250. The second-order valence-corrected chi connectivity index (χ2v) is 55.3. The van der Waals surface area contributed by atoms with Crippen molar-refractivity contribution < 1.29 is 62.5 Å². The normalized spacial score (nSPS) is 28.7. The molecule has 4 aromatic carbocycles. The molecule has 0 saturated heterocycles. The average Bonchev–Trinajstić information content (AvgIpc) is 1.55. The first-order valence-corrected chi connectivity index (χ1v) is 67.2. The zero-order valence-corrected chi connectivity index (χ0v) is 96.7. The van der Waals surface area contributed by atoms with Crippen molar-refractivity contribution in [2.45, 2.75) is 279 Å². The fourth-order valence-electron chi connectivity index (χ4n) is 26.8. The summed E-state index contributed by atoms with van der Waals surface area (Å²) in [5.74, 6) is 13.7. The number of halogens is 6. The second-order valence-electron chi connectivity index (χ2n) is 44.1. The molecule has 0 radical (unpaired) electrons. The fraction of sp³-hybridized carbons (Fsp3) is 0.557. The Balaban J connectivity index is 0.000000476. The van der Waals surface area contributed by atoms with Crippen LogP contribution >= 0.6 is 51.1 Å². The van der Waals surface area contributed by atoms with E-state index in [-0.39, 0.29) is 91.9 Å². The van der Waals surface area contributed by atoms with Crippen LogP contribution in [-0.4, -0.2) is 0 Å². The molecule has 722 valence electrons. The standard InChI is InChI=1S/C44H58.C40H50.C30H46.2CH4.6CH3.6ClH.3Zr/c1-8-9-12-17-31-22-23-36(28-31)44(32-18-13-10-14-19-32,33-20-15-11-16-21-33)41-39-29-34(42(2,3)4)24-26-37(39)38-27-25-35(30-40(38)41)43(5,6)7;1-6-7-14-29-20-21-33(26-29)40(30-15-10-8-11-16-30,31-17-12-9-13-18-31)38-36-25-28(2)19-23-34(36)35-24-22-32(27-37(35)38)39(3,4)5;1-8-9-10-21-12-13-23(18-21)30(6,7)28-26-17-20(2)11-15-24(26)25-16-14-22(19-27(25)28)29(3,4)5;;;;;;;;;;;;;;;;;/h10-11,13-16,18-21,24-27,29-31,36-41H,8-9,12,17,22-23,28H2,1-7H3;8-13,15-19,22-25,27,29,33-38H,6-7,14,20-21,26H2,1-5H3;11,14-17,19,21,23-28H,8-10,12-13,18H2,1-7H3;2*1H4;6*1H3;6*1H;;;/q;;;;;6*-1;;;;;;;3*+4/p-6. The second kappa shape index (κ2) is 55.5. The summed E-state index contributed by atoms with van der Waals surface area (Å²) >= 11 is -2.48. The molecule has 12 aliphatic carbocycles. The zero-order chi connectivity index (χ0) is 88.8. The Morgan fingerprint density at radius 2 is 0.496 bits per heavy atom. The molecule has 16 rings (SSSR count). The zero-order valence-electron chi connectivity index (χ0n) is 84.8. The minimum absolute atomic E-state index is 0. The summed E-state index contributed by atoms with van der Waals surface area (Å²) in [5.41, 5.74) is 16.2. The quantitative estimate of drug-likeness (QED) is 0.0611. The van der Waals surface area contributed by atoms with Crippen LogP contribution in [0.4, 0.5) is 0 Å². The molecule has 6 saturated carbocycles. The van der Waals surface area contributed by atoms with Gasteiger partial charge in [-0.05, 0) is 248 Å². The van der Waals surface area contributed by atoms with E-state index in [1.165, 1.54) is 150 Å². The molecule has 20 atom stereocenters. The molecule has 9 heteroatoms. The predicted octanol–water partition coefficient (Wildman–Crippen LogP) is 39.8. The molecule has 0 nitrogen and oxygen atoms in total. The number of unbranched alkanes of at least 4 members (excludes halogenated alkanes) is 4. The van der Waals surface area contributed by atoms with Crippen molar-refractivity contribution in [1.29, 1.82) is 0 Å². The first-order chi connectivity index (χ1) is 58.7. The van der Waals surface area contributed by atoms with E-state index in [0.717, 1.165) is 29.6 Å². The van der Waals surface area contributed by atoms with Crippen molar-refractivity contribution >= 4 is 51.1 Å². The predicted molar refractivity (Wildman–Crippen MR) is 579 cm³/mol. The molecule has 0 amide bonds. The third kappa shape index (κ3) is 28.4. The van der Waals surface area contributed by atoms with Crippen LogP contribution in [0.2, 0.25) is 0 Å². The molecule has 0 bridgehead atoms. The summed E-state index contributed by atoms with van der Waals surface area (Å²) in [7, 11) is 29.6. The van der Waals surface area contributed by atoms with Gasteiger partial charge in [-0.15, -0.1) is 0 Å². The van der Waals surface area contributed by atoms with Crippen LogP contribution in [0.3, 0.4) is 0 Å². The molecule has 0 aliphatic heterocycles. The van der Waals surface area contributed by atoms with Crippen LogP contribution in [-0.2, 0) is 73.4 Å². The van der Waals surface area contributed by atoms with Gasteiger partial charge < -0.3 is 44.6 Å². The van der Waals surface area contributed by atoms with Crippen molar-refractivity contribution in [2.75, 3.05) is 0 Å². The monoisotopic (exact) mass is 2120 g/mol. The average molecular weight is 2130 g/mol. The molecule has 0 heterocycles. The van der Waals surface area contributed by atoms with Crippen LogP contribution in [0.15, 0.2) is 264 Å². The molecule has 4 aromatic rings. The van der Waals surface area contributed by atoms with Gasteiger partial charge in [-0.25, -0.2) is 0 Å². The Labute approximate surface area is 865 Å². The number of rotatable bonds is 20. The topological polar surface area (TPSA) is 0 Å². The van der Waals surface area contributed by atoms with Crippen molar-refractivity contribution in [1.82, 2.24) is 0 Å². The van der Waals surface area contributed by atoms with Gasteiger partial charge in [0.15, 0.2) is 0 Å². The molecule has 20 unspecified atom stereocenters. The van der Waals surface area contributed by atoms with Crippen LogP contribution in [0, 0.1) is 196 Å². The van der Waals surface area contributed by atoms with Gasteiger partial charge in [0.05, 0.1) is 0 Å². The van der Waals surface area contributed by atoms with E-state index in [9.17, 15) is 0 Å². The summed E-state index contributed by atoms with van der Waals surface area (Å²) in [6, 6.07) is 47.3. The number of hydrogen-bond acceptors (Lipinski definition) is 0. The van der Waals surface area contributed by atoms with E-state index in [4.69, 9.17) is 51.1 Å². The van der Waals surface area contributed by atoms with Gasteiger partial charge in [-0.3, -0.25) is 0 Å². The summed E-state index contributed by atoms with van der Waals surface area (Å²) in [6.07, 6.45) is 73.0. The third-order valence-electron chi connectivity index (χ3n) is 32.5. The van der Waals surface area contributed by atoms with Crippen molar-refractivity contribution in [3.05, 3.63) is 331 Å². The van der Waals surface area contributed by atoms with Crippen molar-refractivity contribution in [3.8, 4) is 0 Å². The molecular weight excluding hydrogens is 1950 g/mol. The summed E-state index contributed by atoms with van der Waals surface area (Å²) < 4.78 is 0. The van der Waals surface area contributed by atoms with Crippen LogP contribution in [0.25, 0.3) is 0 Å². The fourth-order valence-corrected chi connectivity index (χ4v) is 26.8. The molecular formula is C122H180Cl6Zr3. The molecule has 12 aliphatic rings. The van der Waals surface area contributed by atoms with Gasteiger partial charge >= 0.3 is 114 Å². The van der Waals surface area contributed by atoms with Crippen LogP contribution in [0.1, 0.15) is 291 Å². The van der Waals surface area contributed by atoms with E-state index in [1.807, 2.05) is 0 Å². The van der Waals surface area contributed by atoms with Crippen LogP contribution < -0.4 is 0 Å². The Kier molecular flexibility index (Phi) is 52.3. The number of fused-ring (bicyclic) bond motifs is 9. The van der Waals surface area contributed by atoms with E-state index < -0.39 is 62.5 Å². The number of hydrogen-bond donors (Lipinski definition) is 0. The molecule has 0 spiro atoms. The third-order valence-corrected chi connectivity index (χ3v) is 32.5. The molecule has 131 heavy (non-hydrogen) atoms. The number of allylic oxidation sites excluding steroid dienone is 24. The van der Waals surface area contributed by atoms with E-state index >= 15 is 0 Å². The Morgan fingerprint density at radius 3 is 0.756 bits per heavy atom. The van der Waals surface area contributed by atoms with Gasteiger partial charge in [0.1, 0.15) is 0 Å². The van der Waals surface area contributed by atoms with E-state index in [2.05, 4.69) is 362 Å². The van der Waals surface area contributed by atoms with Crippen molar-refractivity contribution in [3.63, 3.8) is 0 Å². The minimum atomic E-state index is -0.826. The summed E-state index contributed by atoms with van der Waals surface area (Å²) in [6.45, 7) is 45.7. The Morgan fingerprint density at radius 1 is 0.275 bits per heavy atom. The van der Waals surface area contributed by atoms with E-state index in [0.29, 0.717) is 100 Å². The van der Waals surface area contributed by atoms with Gasteiger partial charge in [-0.2, -0.15) is 0 Å². The summed E-state index contributed by atoms with van der Waals surface area (Å²) in [4.78, 5) is 0. The molecule has 0 aromatic heterocycles. The van der Waals surface area contributed by atoms with E-state index in [1.54, 1.807) is 27.8 Å². The first-order valence-electron chi connectivity index (χ1n) is 48.2. The number of benzene rings is 4. The molecule has 6 fully saturated rings. The van der Waals surface area contributed by atoms with Gasteiger partial charge in [-0.1, -0.05) is 458 Å². The molecule has 0 N–H and O–H groups in total. The van der Waals surface area contributed by atoms with Gasteiger partial charge in [0.25, 0.3) is 0 Å². The first kappa shape index (κ1) is 123. The van der Waals surface area contributed by atoms with Gasteiger partial charge in [0.2, 0.25) is 0 Å². The van der Waals surface area contributed by atoms with Crippen LogP contribution in [0.5, 0.6) is 0 Å². The van der Waals surface area contributed by atoms with Crippen molar-refractivity contribution in [2.24, 2.45) is 151 Å². The van der Waals surface area contributed by atoms with Gasteiger partial charge in [0, 0.05) is 10.8 Å². The SMILES string of the molecule is C.C.CCCCC1CCC(C(C)(C)C2C3C=C(C)C=CC3C3C=CC(C(C)(C)C)=CC32)C1.CCCCC1CCC(C(c2ccccc2)(c2ccccc2)C2C3C=C(C)C=CC3C3C=CC(C(C)(C)C)=CC32)C1.CCCCCC1CCC(C(c2ccccc2)(c2ccccc2)C2C3C=C(C(C)(C)C)C=CC3C3C=CC(C(C)(C)C)=CC32)C1.[CH3-].[CH3-].[CH3-].[CH3-].[CH3-].[CH3-].[Cl][Zr+2][Cl].[Cl][Zr+2][Cl].[Cl][Zr+2][Cl]. The maximum atomic E-state index is 4.93. The summed E-state index contributed by atoms with van der Waals surface area (Å²) in [5, 5.41) is 0. The Hall–Kier alpha value is -1.85. The maximum absolute atomic E-state index is 4.93.